The van der Waals surface area contributed by atoms with Crippen LogP contribution in [0.3, 0.4) is 0 Å². The Bertz CT molecular complexity index is 3370. The molecule has 12 rings (SSSR count). The molecule has 0 radical (unpaired) electrons. The van der Waals surface area contributed by atoms with Crippen molar-refractivity contribution in [3.8, 4) is 22.3 Å². The minimum atomic E-state index is 0.816. The maximum atomic E-state index is 6.82. The van der Waals surface area contributed by atoms with Crippen molar-refractivity contribution < 1.29 is 13.3 Å². The molecule has 3 heteroatoms. The van der Waals surface area contributed by atoms with E-state index in [4.69, 9.17) is 13.3 Å². The van der Waals surface area contributed by atoms with Crippen molar-refractivity contribution in [1.82, 2.24) is 0 Å². The van der Waals surface area contributed by atoms with Gasteiger partial charge in [0.1, 0.15) is 33.5 Å². The van der Waals surface area contributed by atoms with E-state index in [1.165, 1.54) is 38.1 Å². The quantitative estimate of drug-likeness (QED) is 0.175. The van der Waals surface area contributed by atoms with Crippen molar-refractivity contribution in [3.63, 3.8) is 0 Å². The summed E-state index contributed by atoms with van der Waals surface area (Å²) in [6.45, 7) is 0. The van der Waals surface area contributed by atoms with E-state index in [9.17, 15) is 0 Å². The standard InChI is InChI=1S/C48H26O3/c1-2-12-28-25-42-37(23-27(28)11-1)47-43(50-42)26-38(46-35-18-8-10-20-40(35)51-48(46)47)45-33-16-5-3-14-31(33)44(32-15-4-6-17-34(32)45)29-21-22-41-36(24-29)30-13-7-9-19-39(30)49-41/h1-26H. The number of hydrogen-bond acceptors (Lipinski definition) is 3. The lowest BCUT2D eigenvalue weighted by atomic mass is 9.84. The van der Waals surface area contributed by atoms with Crippen molar-refractivity contribution in [2.24, 2.45) is 0 Å². The summed E-state index contributed by atoms with van der Waals surface area (Å²) in [5.74, 6) is 0. The third-order valence-corrected chi connectivity index (χ3v) is 10.8. The molecule has 3 nitrogen and oxygen atoms in total. The third-order valence-electron chi connectivity index (χ3n) is 10.8. The summed E-state index contributed by atoms with van der Waals surface area (Å²) in [6.07, 6.45) is 0. The largest absolute Gasteiger partial charge is 0.456 e. The lowest BCUT2D eigenvalue weighted by Crippen LogP contribution is -1.91. The van der Waals surface area contributed by atoms with Crippen LogP contribution in [-0.2, 0) is 0 Å². The molecule has 3 heterocycles. The Balaban J connectivity index is 1.24. The lowest BCUT2D eigenvalue weighted by Gasteiger charge is -2.18. The number of benzene rings is 9. The topological polar surface area (TPSA) is 39.4 Å². The van der Waals surface area contributed by atoms with Crippen LogP contribution in [0.25, 0.3) is 120 Å². The van der Waals surface area contributed by atoms with Gasteiger partial charge in [-0.3, -0.25) is 0 Å². The Labute approximate surface area is 290 Å². The van der Waals surface area contributed by atoms with Crippen LogP contribution in [0.1, 0.15) is 0 Å². The van der Waals surface area contributed by atoms with E-state index < -0.39 is 0 Å². The molecule has 51 heavy (non-hydrogen) atoms. The molecule has 0 spiro atoms. The number of hydrogen-bond donors (Lipinski definition) is 0. The van der Waals surface area contributed by atoms with Crippen molar-refractivity contribution >= 4 is 98.1 Å². The maximum Gasteiger partial charge on any atom is 0.147 e. The highest BCUT2D eigenvalue weighted by atomic mass is 16.3. The Morgan fingerprint density at radius 1 is 0.294 bits per heavy atom. The van der Waals surface area contributed by atoms with E-state index >= 15 is 0 Å². The number of furan rings is 3. The monoisotopic (exact) mass is 650 g/mol. The number of fused-ring (bicyclic) bond motifs is 13. The fraction of sp³-hybridized carbons (Fsp3) is 0. The molecule has 0 aliphatic heterocycles. The molecule has 0 unspecified atom stereocenters. The van der Waals surface area contributed by atoms with Crippen molar-refractivity contribution in [3.05, 3.63) is 158 Å². The van der Waals surface area contributed by atoms with Gasteiger partial charge in [0.05, 0.1) is 5.39 Å². The highest BCUT2D eigenvalue weighted by molar-refractivity contribution is 6.31. The molecule has 12 aromatic rings. The van der Waals surface area contributed by atoms with Gasteiger partial charge in [0.2, 0.25) is 0 Å². The first-order valence-corrected chi connectivity index (χ1v) is 17.3. The predicted octanol–water partition coefficient (Wildman–Crippen LogP) is 14.2. The molecule has 0 bridgehead atoms. The smallest absolute Gasteiger partial charge is 0.147 e. The highest BCUT2D eigenvalue weighted by Gasteiger charge is 2.24. The molecule has 9 aromatic carbocycles. The van der Waals surface area contributed by atoms with Gasteiger partial charge in [-0.15, -0.1) is 0 Å². The summed E-state index contributed by atoms with van der Waals surface area (Å²) in [5.41, 5.74) is 9.83. The van der Waals surface area contributed by atoms with E-state index in [1.807, 2.05) is 18.2 Å². The second kappa shape index (κ2) is 9.87. The second-order valence-electron chi connectivity index (χ2n) is 13.5. The van der Waals surface area contributed by atoms with Gasteiger partial charge in [-0.1, -0.05) is 115 Å². The SMILES string of the molecule is c1ccc2cc3c(cc2c1)oc1cc(-c2c4ccccc4c(-c4ccc5oc6ccccc6c5c4)c4ccccc24)c2c4ccccc4oc2c13. The van der Waals surface area contributed by atoms with E-state index in [0.717, 1.165) is 82.3 Å². The Kier molecular flexibility index (Phi) is 5.23. The van der Waals surface area contributed by atoms with Crippen molar-refractivity contribution in [2.75, 3.05) is 0 Å². The van der Waals surface area contributed by atoms with Crippen molar-refractivity contribution in [1.29, 1.82) is 0 Å². The molecule has 236 valence electrons. The molecular weight excluding hydrogens is 625 g/mol. The van der Waals surface area contributed by atoms with Crippen LogP contribution in [0.2, 0.25) is 0 Å². The fourth-order valence-corrected chi connectivity index (χ4v) is 8.64. The zero-order chi connectivity index (χ0) is 33.2. The molecule has 0 atom stereocenters. The zero-order valence-corrected chi connectivity index (χ0v) is 27.2. The van der Waals surface area contributed by atoms with Crippen LogP contribution in [0, 0.1) is 0 Å². The number of rotatable bonds is 2. The average molecular weight is 651 g/mol. The molecule has 0 amide bonds. The summed E-state index contributed by atoms with van der Waals surface area (Å²) >= 11 is 0. The molecular formula is C48H26O3. The molecule has 0 aliphatic rings. The predicted molar refractivity (Wildman–Crippen MR) is 212 cm³/mol. The molecule has 0 fully saturated rings. The summed E-state index contributed by atoms with van der Waals surface area (Å²) in [6, 6.07) is 56.0. The Morgan fingerprint density at radius 3 is 1.57 bits per heavy atom. The van der Waals surface area contributed by atoms with Gasteiger partial charge >= 0.3 is 0 Å². The third kappa shape index (κ3) is 3.67. The van der Waals surface area contributed by atoms with Crippen molar-refractivity contribution in [2.45, 2.75) is 0 Å². The first kappa shape index (κ1) is 27.0. The minimum Gasteiger partial charge on any atom is -0.456 e. The van der Waals surface area contributed by atoms with Gasteiger partial charge in [-0.05, 0) is 97.0 Å². The average Bonchev–Trinajstić information content (AvgIpc) is 3.86. The summed E-state index contributed by atoms with van der Waals surface area (Å²) in [5, 5.41) is 13.6. The number of para-hydroxylation sites is 2. The Morgan fingerprint density at radius 2 is 0.843 bits per heavy atom. The van der Waals surface area contributed by atoms with Crippen LogP contribution < -0.4 is 0 Å². The molecule has 0 saturated heterocycles. The molecule has 3 aromatic heterocycles. The maximum absolute atomic E-state index is 6.82. The van der Waals surface area contributed by atoms with Crippen LogP contribution in [0.5, 0.6) is 0 Å². The van der Waals surface area contributed by atoms with Crippen LogP contribution in [-0.4, -0.2) is 0 Å². The first-order valence-electron chi connectivity index (χ1n) is 17.3. The normalized spacial score (nSPS) is 12.3. The summed E-state index contributed by atoms with van der Waals surface area (Å²) in [7, 11) is 0. The molecule has 0 N–H and O–H groups in total. The van der Waals surface area contributed by atoms with E-state index in [2.05, 4.69) is 140 Å². The summed E-state index contributed by atoms with van der Waals surface area (Å²) < 4.78 is 19.8. The fourth-order valence-electron chi connectivity index (χ4n) is 8.64. The van der Waals surface area contributed by atoms with Crippen LogP contribution >= 0.6 is 0 Å². The van der Waals surface area contributed by atoms with Gasteiger partial charge in [-0.25, -0.2) is 0 Å². The van der Waals surface area contributed by atoms with Gasteiger partial charge in [-0.2, -0.15) is 0 Å². The van der Waals surface area contributed by atoms with E-state index in [-0.39, 0.29) is 0 Å². The Hall–Kier alpha value is -6.84. The summed E-state index contributed by atoms with van der Waals surface area (Å²) in [4.78, 5) is 0. The first-order chi connectivity index (χ1) is 25.3. The highest BCUT2D eigenvalue weighted by Crippen LogP contribution is 2.50. The van der Waals surface area contributed by atoms with Crippen LogP contribution in [0.15, 0.2) is 171 Å². The zero-order valence-electron chi connectivity index (χ0n) is 27.2. The van der Waals surface area contributed by atoms with Gasteiger partial charge in [0, 0.05) is 26.9 Å². The van der Waals surface area contributed by atoms with Gasteiger partial charge < -0.3 is 13.3 Å². The van der Waals surface area contributed by atoms with E-state index in [1.54, 1.807) is 0 Å². The second-order valence-corrected chi connectivity index (χ2v) is 13.5. The molecule has 0 aliphatic carbocycles. The van der Waals surface area contributed by atoms with Crippen LogP contribution in [0.4, 0.5) is 0 Å². The lowest BCUT2D eigenvalue weighted by molar-refractivity contribution is 0.663. The molecule has 0 saturated carbocycles. The van der Waals surface area contributed by atoms with E-state index in [0.29, 0.717) is 0 Å². The minimum absolute atomic E-state index is 0.816. The van der Waals surface area contributed by atoms with Gasteiger partial charge in [0.15, 0.2) is 0 Å². The van der Waals surface area contributed by atoms with Gasteiger partial charge in [0.25, 0.3) is 0 Å².